The molecule has 96 valence electrons. The van der Waals surface area contributed by atoms with E-state index in [9.17, 15) is 4.79 Å². The Kier molecular flexibility index (Phi) is 5.58. The van der Waals surface area contributed by atoms with Gasteiger partial charge in [0.25, 0.3) is 0 Å². The smallest absolute Gasteiger partial charge is 0.341 e. The van der Waals surface area contributed by atoms with Crippen LogP contribution in [0.1, 0.15) is 35.2 Å². The molecule has 0 aliphatic heterocycles. The highest BCUT2D eigenvalue weighted by molar-refractivity contribution is 7.98. The van der Waals surface area contributed by atoms with Crippen molar-refractivity contribution in [3.63, 3.8) is 0 Å². The molecule has 0 saturated heterocycles. The van der Waals surface area contributed by atoms with Crippen LogP contribution < -0.4 is 5.73 Å². The fraction of sp³-hybridized carbons (Fsp3) is 0.583. The van der Waals surface area contributed by atoms with Crippen LogP contribution in [0.4, 0.5) is 0 Å². The van der Waals surface area contributed by atoms with Crippen LogP contribution in [0.15, 0.2) is 10.5 Å². The number of furan rings is 1. The molecule has 1 aromatic rings. The molecule has 4 nitrogen and oxygen atoms in total. The molecular weight excluding hydrogens is 238 g/mol. The van der Waals surface area contributed by atoms with Gasteiger partial charge in [0.05, 0.1) is 12.9 Å². The lowest BCUT2D eigenvalue weighted by Crippen LogP contribution is -2.15. The van der Waals surface area contributed by atoms with Crippen LogP contribution >= 0.6 is 11.8 Å². The Morgan fingerprint density at radius 3 is 2.94 bits per heavy atom. The first-order valence-corrected chi connectivity index (χ1v) is 6.71. The summed E-state index contributed by atoms with van der Waals surface area (Å²) in [7, 11) is 1.37. The maximum absolute atomic E-state index is 11.4. The van der Waals surface area contributed by atoms with E-state index in [1.54, 1.807) is 24.8 Å². The Hall–Kier alpha value is -0.940. The zero-order valence-corrected chi connectivity index (χ0v) is 11.3. The van der Waals surface area contributed by atoms with Crippen LogP contribution in [-0.2, 0) is 10.5 Å². The van der Waals surface area contributed by atoms with Gasteiger partial charge in [-0.1, -0.05) is 0 Å². The lowest BCUT2D eigenvalue weighted by Gasteiger charge is -2.02. The summed E-state index contributed by atoms with van der Waals surface area (Å²) < 4.78 is 10.2. The normalized spacial score (nSPS) is 12.5. The number of aryl methyl sites for hydroxylation is 1. The molecule has 0 saturated carbocycles. The third-order valence-electron chi connectivity index (χ3n) is 2.34. The largest absolute Gasteiger partial charge is 0.465 e. The van der Waals surface area contributed by atoms with E-state index in [0.717, 1.165) is 23.7 Å². The summed E-state index contributed by atoms with van der Waals surface area (Å²) in [4.78, 5) is 11.4. The standard InChI is InChI=1S/C12H19NO3S/c1-8(13)4-5-17-7-10-6-11(9(2)16-10)12(14)15-3/h6,8H,4-5,7,13H2,1-3H3. The summed E-state index contributed by atoms with van der Waals surface area (Å²) in [5.74, 6) is 2.81. The van der Waals surface area contributed by atoms with E-state index in [0.29, 0.717) is 11.3 Å². The van der Waals surface area contributed by atoms with E-state index >= 15 is 0 Å². The van der Waals surface area contributed by atoms with E-state index in [2.05, 4.69) is 4.74 Å². The lowest BCUT2D eigenvalue weighted by molar-refractivity contribution is 0.0599. The van der Waals surface area contributed by atoms with Crippen molar-refractivity contribution in [3.05, 3.63) is 23.2 Å². The molecule has 0 amide bonds. The second kappa shape index (κ2) is 6.71. The fourth-order valence-corrected chi connectivity index (χ4v) is 2.40. The van der Waals surface area contributed by atoms with E-state index in [1.807, 2.05) is 6.92 Å². The van der Waals surface area contributed by atoms with Crippen LogP contribution in [0.25, 0.3) is 0 Å². The third kappa shape index (κ3) is 4.44. The maximum atomic E-state index is 11.4. The first-order chi connectivity index (χ1) is 8.04. The van der Waals surface area contributed by atoms with Gasteiger partial charge < -0.3 is 14.9 Å². The molecule has 0 bridgehead atoms. The predicted molar refractivity (Wildman–Crippen MR) is 69.2 cm³/mol. The van der Waals surface area contributed by atoms with Crippen molar-refractivity contribution in [3.8, 4) is 0 Å². The molecule has 2 N–H and O–H groups in total. The number of carbonyl (C=O) groups is 1. The minimum Gasteiger partial charge on any atom is -0.465 e. The number of ether oxygens (including phenoxy) is 1. The van der Waals surface area contributed by atoms with E-state index in [4.69, 9.17) is 10.2 Å². The summed E-state index contributed by atoms with van der Waals surface area (Å²) in [5, 5.41) is 0. The van der Waals surface area contributed by atoms with E-state index in [1.165, 1.54) is 7.11 Å². The lowest BCUT2D eigenvalue weighted by atomic mass is 10.2. The molecule has 0 aliphatic rings. The monoisotopic (exact) mass is 257 g/mol. The molecule has 1 unspecified atom stereocenters. The average Bonchev–Trinajstić information content (AvgIpc) is 2.65. The number of thioether (sulfide) groups is 1. The number of nitrogens with two attached hydrogens (primary N) is 1. The van der Waals surface area contributed by atoms with Crippen molar-refractivity contribution < 1.29 is 13.9 Å². The summed E-state index contributed by atoms with van der Waals surface area (Å²) in [6, 6.07) is 1.98. The molecule has 0 aromatic carbocycles. The number of rotatable bonds is 6. The van der Waals surface area contributed by atoms with Gasteiger partial charge in [0.2, 0.25) is 0 Å². The zero-order chi connectivity index (χ0) is 12.8. The van der Waals surface area contributed by atoms with Crippen LogP contribution in [0.2, 0.25) is 0 Å². The van der Waals surface area contributed by atoms with Crippen molar-refractivity contribution in [1.82, 2.24) is 0 Å². The van der Waals surface area contributed by atoms with Crippen LogP contribution in [0, 0.1) is 6.92 Å². The van der Waals surface area contributed by atoms with Crippen LogP contribution in [0.5, 0.6) is 0 Å². The summed E-state index contributed by atoms with van der Waals surface area (Å²) in [6.45, 7) is 3.76. The SMILES string of the molecule is COC(=O)c1cc(CSCCC(C)N)oc1C. The van der Waals surface area contributed by atoms with Gasteiger partial charge in [-0.05, 0) is 32.1 Å². The number of methoxy groups -OCH3 is 1. The van der Waals surface area contributed by atoms with Gasteiger partial charge >= 0.3 is 5.97 Å². The predicted octanol–water partition coefficient (Wildman–Crippen LogP) is 2.35. The number of hydrogen-bond donors (Lipinski definition) is 1. The van der Waals surface area contributed by atoms with Gasteiger partial charge in [0.15, 0.2) is 0 Å². The van der Waals surface area contributed by atoms with Crippen molar-refractivity contribution in [1.29, 1.82) is 0 Å². The Labute approximate surface area is 106 Å². The van der Waals surface area contributed by atoms with Crippen LogP contribution in [-0.4, -0.2) is 24.9 Å². The van der Waals surface area contributed by atoms with E-state index < -0.39 is 0 Å². The maximum Gasteiger partial charge on any atom is 0.341 e. The molecule has 0 spiro atoms. The first-order valence-electron chi connectivity index (χ1n) is 5.55. The third-order valence-corrected chi connectivity index (χ3v) is 3.35. The molecule has 0 aliphatic carbocycles. The summed E-state index contributed by atoms with van der Waals surface area (Å²) >= 11 is 1.75. The number of esters is 1. The quantitative estimate of drug-likeness (QED) is 0.626. The van der Waals surface area contributed by atoms with Gasteiger partial charge in [-0.2, -0.15) is 11.8 Å². The fourth-order valence-electron chi connectivity index (χ4n) is 1.37. The molecule has 1 rings (SSSR count). The topological polar surface area (TPSA) is 65.5 Å². The Bertz CT molecular complexity index is 374. The molecule has 0 fully saturated rings. The number of carbonyl (C=O) groups excluding carboxylic acids is 1. The van der Waals surface area contributed by atoms with E-state index in [-0.39, 0.29) is 12.0 Å². The van der Waals surface area contributed by atoms with Gasteiger partial charge in [0, 0.05) is 6.04 Å². The highest BCUT2D eigenvalue weighted by Crippen LogP contribution is 2.20. The molecule has 17 heavy (non-hydrogen) atoms. The van der Waals surface area contributed by atoms with Crippen molar-refractivity contribution in [2.75, 3.05) is 12.9 Å². The second-order valence-corrected chi connectivity index (χ2v) is 5.10. The highest BCUT2D eigenvalue weighted by Gasteiger charge is 2.14. The van der Waals surface area contributed by atoms with Gasteiger partial charge in [-0.3, -0.25) is 0 Å². The molecule has 0 radical (unpaired) electrons. The first kappa shape index (κ1) is 14.1. The zero-order valence-electron chi connectivity index (χ0n) is 10.5. The van der Waals surface area contributed by atoms with Crippen molar-refractivity contribution in [2.24, 2.45) is 5.73 Å². The molecular formula is C12H19NO3S. The minimum absolute atomic E-state index is 0.228. The molecule has 1 atom stereocenters. The van der Waals surface area contributed by atoms with Gasteiger partial charge in [0.1, 0.15) is 17.1 Å². The Balaban J connectivity index is 2.47. The van der Waals surface area contributed by atoms with Crippen molar-refractivity contribution in [2.45, 2.75) is 32.1 Å². The van der Waals surface area contributed by atoms with Gasteiger partial charge in [-0.15, -0.1) is 0 Å². The van der Waals surface area contributed by atoms with Crippen LogP contribution in [0.3, 0.4) is 0 Å². The van der Waals surface area contributed by atoms with Crippen molar-refractivity contribution >= 4 is 17.7 Å². The number of hydrogen-bond acceptors (Lipinski definition) is 5. The van der Waals surface area contributed by atoms with Gasteiger partial charge in [-0.25, -0.2) is 4.79 Å². The molecule has 5 heteroatoms. The highest BCUT2D eigenvalue weighted by atomic mass is 32.2. The molecule has 1 aromatic heterocycles. The second-order valence-electron chi connectivity index (χ2n) is 3.99. The minimum atomic E-state index is -0.349. The average molecular weight is 257 g/mol. The molecule has 1 heterocycles. The Morgan fingerprint density at radius 1 is 1.65 bits per heavy atom. The Morgan fingerprint density at radius 2 is 2.35 bits per heavy atom. The summed E-state index contributed by atoms with van der Waals surface area (Å²) in [5.41, 5.74) is 6.17. The summed E-state index contributed by atoms with van der Waals surface area (Å²) in [6.07, 6.45) is 0.980.